The van der Waals surface area contributed by atoms with Crippen molar-refractivity contribution in [3.05, 3.63) is 52.4 Å². The van der Waals surface area contributed by atoms with Gasteiger partial charge in [0.25, 0.3) is 5.91 Å². The molecule has 4 rings (SSSR count). The third-order valence-corrected chi connectivity index (χ3v) is 4.90. The second-order valence-corrected chi connectivity index (χ2v) is 6.67. The monoisotopic (exact) mass is 312 g/mol. The Balaban J connectivity index is 1.44. The van der Waals surface area contributed by atoms with Gasteiger partial charge in [0.2, 0.25) is 5.76 Å². The van der Waals surface area contributed by atoms with Crippen LogP contribution in [0.15, 0.2) is 28.8 Å². The number of aryl methyl sites for hydroxylation is 1. The zero-order chi connectivity index (χ0) is 15.9. The Bertz CT molecular complexity index is 725. The van der Waals surface area contributed by atoms with Gasteiger partial charge in [-0.3, -0.25) is 4.79 Å². The number of nitrogens with zero attached hydrogens (tertiary/aromatic N) is 1. The number of amides is 1. The third-order valence-electron chi connectivity index (χ3n) is 4.90. The molecule has 5 heteroatoms. The number of hydrogen-bond acceptors (Lipinski definition) is 4. The Kier molecular flexibility index (Phi) is 3.45. The molecule has 2 aliphatic rings. The lowest BCUT2D eigenvalue weighted by molar-refractivity contribution is 0.0471. The second kappa shape index (κ2) is 5.49. The van der Waals surface area contributed by atoms with Crippen molar-refractivity contribution in [2.24, 2.45) is 0 Å². The first-order valence-electron chi connectivity index (χ1n) is 8.19. The predicted molar refractivity (Wildman–Crippen MR) is 84.3 cm³/mol. The molecule has 1 aromatic heterocycles. The van der Waals surface area contributed by atoms with E-state index in [1.165, 1.54) is 0 Å². The summed E-state index contributed by atoms with van der Waals surface area (Å²) in [6.45, 7) is 0.218. The molecule has 0 saturated carbocycles. The zero-order valence-electron chi connectivity index (χ0n) is 13.0. The highest BCUT2D eigenvalue weighted by molar-refractivity contribution is 5.93. The van der Waals surface area contributed by atoms with E-state index < -0.39 is 5.60 Å². The van der Waals surface area contributed by atoms with Crippen molar-refractivity contribution in [3.8, 4) is 0 Å². The molecule has 23 heavy (non-hydrogen) atoms. The van der Waals surface area contributed by atoms with Crippen LogP contribution in [0.2, 0.25) is 0 Å². The van der Waals surface area contributed by atoms with Crippen LogP contribution in [0.3, 0.4) is 0 Å². The number of rotatable bonds is 3. The fourth-order valence-corrected chi connectivity index (χ4v) is 3.69. The first kappa shape index (κ1) is 14.5. The minimum Gasteiger partial charge on any atom is -0.387 e. The van der Waals surface area contributed by atoms with E-state index in [9.17, 15) is 9.90 Å². The van der Waals surface area contributed by atoms with Gasteiger partial charge in [-0.15, -0.1) is 0 Å². The van der Waals surface area contributed by atoms with Crippen LogP contribution in [-0.4, -0.2) is 28.3 Å². The minimum absolute atomic E-state index is 0.218. The number of hydrogen-bond donors (Lipinski definition) is 2. The van der Waals surface area contributed by atoms with E-state index in [0.717, 1.165) is 48.1 Å². The van der Waals surface area contributed by atoms with Gasteiger partial charge in [0.1, 0.15) is 0 Å². The van der Waals surface area contributed by atoms with Crippen molar-refractivity contribution in [1.29, 1.82) is 0 Å². The first-order valence-corrected chi connectivity index (χ1v) is 8.19. The van der Waals surface area contributed by atoms with E-state index in [1.54, 1.807) is 0 Å². The standard InChI is InChI=1S/C18H20N2O3/c21-17(16-14-7-3-4-8-15(14)20-23-16)19-11-18(22)9-12-5-1-2-6-13(12)10-18/h1-2,5-6,22H,3-4,7-11H2,(H,19,21). The summed E-state index contributed by atoms with van der Waals surface area (Å²) in [4.78, 5) is 12.4. The van der Waals surface area contributed by atoms with Crippen LogP contribution in [0.5, 0.6) is 0 Å². The Morgan fingerprint density at radius 3 is 2.65 bits per heavy atom. The van der Waals surface area contributed by atoms with Crippen LogP contribution in [-0.2, 0) is 25.7 Å². The highest BCUT2D eigenvalue weighted by Crippen LogP contribution is 2.30. The molecule has 1 heterocycles. The van der Waals surface area contributed by atoms with Gasteiger partial charge in [0.15, 0.2) is 0 Å². The number of benzene rings is 1. The summed E-state index contributed by atoms with van der Waals surface area (Å²) in [6.07, 6.45) is 5.02. The summed E-state index contributed by atoms with van der Waals surface area (Å²) in [7, 11) is 0. The van der Waals surface area contributed by atoms with Gasteiger partial charge in [-0.2, -0.15) is 0 Å². The van der Waals surface area contributed by atoms with Crippen molar-refractivity contribution in [3.63, 3.8) is 0 Å². The van der Waals surface area contributed by atoms with Crippen LogP contribution >= 0.6 is 0 Å². The molecule has 0 bridgehead atoms. The van der Waals surface area contributed by atoms with E-state index in [-0.39, 0.29) is 12.5 Å². The molecule has 2 N–H and O–H groups in total. The van der Waals surface area contributed by atoms with Gasteiger partial charge >= 0.3 is 0 Å². The van der Waals surface area contributed by atoms with Gasteiger partial charge in [-0.25, -0.2) is 0 Å². The van der Waals surface area contributed by atoms with Crippen LogP contribution in [0.4, 0.5) is 0 Å². The number of aromatic nitrogens is 1. The molecule has 0 aliphatic heterocycles. The Labute approximate surface area is 134 Å². The highest BCUT2D eigenvalue weighted by Gasteiger charge is 2.36. The minimum atomic E-state index is -0.917. The molecule has 0 unspecified atom stereocenters. The first-order chi connectivity index (χ1) is 11.1. The number of fused-ring (bicyclic) bond motifs is 2. The van der Waals surface area contributed by atoms with Crippen molar-refractivity contribution in [2.45, 2.75) is 44.1 Å². The van der Waals surface area contributed by atoms with Gasteiger partial charge in [-0.05, 0) is 36.8 Å². The summed E-state index contributed by atoms with van der Waals surface area (Å²) in [5.41, 5.74) is 3.24. The lowest BCUT2D eigenvalue weighted by Gasteiger charge is -2.22. The number of carbonyl (C=O) groups excluding carboxylic acids is 1. The molecule has 1 amide bonds. The van der Waals surface area contributed by atoms with Gasteiger partial charge in [-0.1, -0.05) is 29.4 Å². The fourth-order valence-electron chi connectivity index (χ4n) is 3.69. The maximum absolute atomic E-state index is 12.4. The molecular weight excluding hydrogens is 292 g/mol. The van der Waals surface area contributed by atoms with E-state index in [4.69, 9.17) is 4.52 Å². The summed E-state index contributed by atoms with van der Waals surface area (Å²) in [5, 5.41) is 17.6. The summed E-state index contributed by atoms with van der Waals surface area (Å²) in [5.74, 6) is 0.0452. The Morgan fingerprint density at radius 1 is 1.22 bits per heavy atom. The van der Waals surface area contributed by atoms with Crippen molar-refractivity contribution in [1.82, 2.24) is 10.5 Å². The lowest BCUT2D eigenvalue weighted by atomic mass is 9.95. The fraction of sp³-hybridized carbons (Fsp3) is 0.444. The van der Waals surface area contributed by atoms with Gasteiger partial charge in [0.05, 0.1) is 11.3 Å². The zero-order valence-corrected chi connectivity index (χ0v) is 13.0. The molecule has 5 nitrogen and oxygen atoms in total. The predicted octanol–water partition coefficient (Wildman–Crippen LogP) is 1.81. The van der Waals surface area contributed by atoms with Crippen molar-refractivity contribution >= 4 is 5.91 Å². The maximum Gasteiger partial charge on any atom is 0.290 e. The largest absolute Gasteiger partial charge is 0.387 e. The average molecular weight is 312 g/mol. The van der Waals surface area contributed by atoms with Crippen LogP contribution < -0.4 is 5.32 Å². The van der Waals surface area contributed by atoms with Gasteiger partial charge in [0, 0.05) is 24.9 Å². The Hall–Kier alpha value is -2.14. The molecule has 2 aromatic rings. The van der Waals surface area contributed by atoms with Crippen LogP contribution in [0, 0.1) is 0 Å². The van der Waals surface area contributed by atoms with E-state index in [2.05, 4.69) is 10.5 Å². The number of carbonyl (C=O) groups is 1. The average Bonchev–Trinajstić information content (AvgIpc) is 3.13. The van der Waals surface area contributed by atoms with E-state index in [1.807, 2.05) is 24.3 Å². The van der Waals surface area contributed by atoms with Crippen molar-refractivity contribution in [2.75, 3.05) is 6.54 Å². The molecule has 2 aliphatic carbocycles. The summed E-state index contributed by atoms with van der Waals surface area (Å²) >= 11 is 0. The van der Waals surface area contributed by atoms with Crippen LogP contribution in [0.25, 0.3) is 0 Å². The smallest absolute Gasteiger partial charge is 0.290 e. The van der Waals surface area contributed by atoms with E-state index in [0.29, 0.717) is 18.6 Å². The summed E-state index contributed by atoms with van der Waals surface area (Å²) < 4.78 is 5.25. The number of nitrogens with one attached hydrogen (secondary N) is 1. The van der Waals surface area contributed by atoms with Gasteiger partial charge < -0.3 is 14.9 Å². The second-order valence-electron chi connectivity index (χ2n) is 6.67. The molecule has 0 radical (unpaired) electrons. The maximum atomic E-state index is 12.4. The lowest BCUT2D eigenvalue weighted by Crippen LogP contribution is -2.43. The molecule has 1 aromatic carbocycles. The summed E-state index contributed by atoms with van der Waals surface area (Å²) in [6, 6.07) is 8.01. The molecule has 120 valence electrons. The van der Waals surface area contributed by atoms with Crippen LogP contribution in [0.1, 0.15) is 45.8 Å². The molecule has 0 fully saturated rings. The Morgan fingerprint density at radius 2 is 1.91 bits per heavy atom. The molecule has 0 spiro atoms. The van der Waals surface area contributed by atoms with E-state index >= 15 is 0 Å². The topological polar surface area (TPSA) is 75.4 Å². The SMILES string of the molecule is O=C(NCC1(O)Cc2ccccc2C1)c1onc2c1CCCC2. The molecular formula is C18H20N2O3. The highest BCUT2D eigenvalue weighted by atomic mass is 16.5. The molecule has 0 atom stereocenters. The molecule has 0 saturated heterocycles. The van der Waals surface area contributed by atoms with Crippen molar-refractivity contribution < 1.29 is 14.4 Å². The number of aliphatic hydroxyl groups is 1. The normalized spacial score (nSPS) is 18.3. The third kappa shape index (κ3) is 2.65. The quantitative estimate of drug-likeness (QED) is 0.906.